The van der Waals surface area contributed by atoms with Gasteiger partial charge in [0.05, 0.1) is 17.5 Å². The van der Waals surface area contributed by atoms with Gasteiger partial charge in [0.1, 0.15) is 6.54 Å². The number of likely N-dealkylation sites (N-methyl/N-ethyl adjacent to an activating group) is 1. The number of nitrogens with zero attached hydrogens (tertiary/aromatic N) is 3. The molecule has 0 saturated heterocycles. The van der Waals surface area contributed by atoms with E-state index >= 15 is 0 Å². The monoisotopic (exact) mass is 279 g/mol. The molecule has 1 aliphatic rings. The topological polar surface area (TPSA) is 75.4 Å². The first kappa shape index (κ1) is 14.6. The first-order chi connectivity index (χ1) is 9.45. The quantitative estimate of drug-likeness (QED) is 0.862. The highest BCUT2D eigenvalue weighted by Crippen LogP contribution is 2.42. The molecule has 0 aromatic carbocycles. The van der Waals surface area contributed by atoms with Crippen LogP contribution >= 0.6 is 0 Å². The fourth-order valence-electron chi connectivity index (χ4n) is 2.30. The lowest BCUT2D eigenvalue weighted by molar-refractivity contribution is -0.137. The van der Waals surface area contributed by atoms with Crippen LogP contribution < -0.4 is 0 Å². The molecule has 6 nitrogen and oxygen atoms in total. The fourth-order valence-corrected chi connectivity index (χ4v) is 2.30. The minimum Gasteiger partial charge on any atom is -0.480 e. The van der Waals surface area contributed by atoms with Gasteiger partial charge in [-0.3, -0.25) is 14.3 Å². The molecule has 1 unspecified atom stereocenters. The van der Waals surface area contributed by atoms with E-state index in [1.165, 1.54) is 11.9 Å². The average Bonchev–Trinajstić information content (AvgIpc) is 3.15. The van der Waals surface area contributed by atoms with Crippen molar-refractivity contribution in [2.45, 2.75) is 45.1 Å². The first-order valence-electron chi connectivity index (χ1n) is 7.00. The molecule has 0 spiro atoms. The summed E-state index contributed by atoms with van der Waals surface area (Å²) in [5, 5.41) is 13.1. The van der Waals surface area contributed by atoms with Gasteiger partial charge in [0.15, 0.2) is 0 Å². The SMILES string of the molecule is CCC(C)n1ncc(C(=O)N(C)CC(=O)O)c1C1CC1. The summed E-state index contributed by atoms with van der Waals surface area (Å²) in [5.74, 6) is -0.879. The highest BCUT2D eigenvalue weighted by molar-refractivity contribution is 5.96. The second-order valence-electron chi connectivity index (χ2n) is 5.47. The van der Waals surface area contributed by atoms with E-state index in [0.717, 1.165) is 25.0 Å². The van der Waals surface area contributed by atoms with E-state index in [1.807, 2.05) is 4.68 Å². The molecule has 1 saturated carbocycles. The van der Waals surface area contributed by atoms with Crippen molar-refractivity contribution in [3.05, 3.63) is 17.5 Å². The lowest BCUT2D eigenvalue weighted by Gasteiger charge is -2.17. The molecule has 0 bridgehead atoms. The maximum Gasteiger partial charge on any atom is 0.323 e. The Kier molecular flexibility index (Phi) is 4.11. The smallest absolute Gasteiger partial charge is 0.323 e. The highest BCUT2D eigenvalue weighted by Gasteiger charge is 2.34. The molecule has 6 heteroatoms. The van der Waals surface area contributed by atoms with Gasteiger partial charge in [0, 0.05) is 19.0 Å². The van der Waals surface area contributed by atoms with E-state index in [4.69, 9.17) is 5.11 Å². The summed E-state index contributed by atoms with van der Waals surface area (Å²) in [4.78, 5) is 24.3. The van der Waals surface area contributed by atoms with Gasteiger partial charge in [-0.2, -0.15) is 5.10 Å². The first-order valence-corrected chi connectivity index (χ1v) is 7.00. The maximum atomic E-state index is 12.4. The van der Waals surface area contributed by atoms with Crippen LogP contribution in [0, 0.1) is 0 Å². The number of amides is 1. The standard InChI is InChI=1S/C14H21N3O3/c1-4-9(2)17-13(10-5-6-10)11(7-15-17)14(20)16(3)8-12(18)19/h7,9-10H,4-6,8H2,1-3H3,(H,18,19). The summed E-state index contributed by atoms with van der Waals surface area (Å²) in [6, 6.07) is 0.247. The predicted molar refractivity (Wildman–Crippen MR) is 73.8 cm³/mol. The lowest BCUT2D eigenvalue weighted by atomic mass is 10.1. The van der Waals surface area contributed by atoms with Crippen molar-refractivity contribution in [3.8, 4) is 0 Å². The van der Waals surface area contributed by atoms with Crippen LogP contribution in [-0.4, -0.2) is 45.3 Å². The van der Waals surface area contributed by atoms with Crippen LogP contribution in [0.1, 0.15) is 61.1 Å². The number of carbonyl (C=O) groups excluding carboxylic acids is 1. The Morgan fingerprint density at radius 3 is 2.70 bits per heavy atom. The Balaban J connectivity index is 2.29. The van der Waals surface area contributed by atoms with Crippen molar-refractivity contribution in [2.24, 2.45) is 0 Å². The number of carboxylic acids is 1. The van der Waals surface area contributed by atoms with Crippen molar-refractivity contribution < 1.29 is 14.7 Å². The Morgan fingerprint density at radius 1 is 1.55 bits per heavy atom. The Hall–Kier alpha value is -1.85. The summed E-state index contributed by atoms with van der Waals surface area (Å²) in [6.45, 7) is 3.87. The van der Waals surface area contributed by atoms with Crippen molar-refractivity contribution in [3.63, 3.8) is 0 Å². The zero-order chi connectivity index (χ0) is 14.9. The third kappa shape index (κ3) is 2.84. The highest BCUT2D eigenvalue weighted by atomic mass is 16.4. The van der Waals surface area contributed by atoms with E-state index in [-0.39, 0.29) is 18.5 Å². The summed E-state index contributed by atoms with van der Waals surface area (Å²) >= 11 is 0. The van der Waals surface area contributed by atoms with E-state index < -0.39 is 5.97 Å². The van der Waals surface area contributed by atoms with Gasteiger partial charge >= 0.3 is 5.97 Å². The molecule has 1 N–H and O–H groups in total. The number of aliphatic carboxylic acids is 1. The fraction of sp³-hybridized carbons (Fsp3) is 0.643. The molecule has 1 heterocycles. The second-order valence-corrected chi connectivity index (χ2v) is 5.47. The van der Waals surface area contributed by atoms with Gasteiger partial charge in [-0.25, -0.2) is 0 Å². The molecule has 1 atom stereocenters. The summed E-state index contributed by atoms with van der Waals surface area (Å²) < 4.78 is 1.93. The molecule has 20 heavy (non-hydrogen) atoms. The van der Waals surface area contributed by atoms with Gasteiger partial charge in [0.2, 0.25) is 0 Å². The number of carbonyl (C=O) groups is 2. The minimum atomic E-state index is -1.01. The molecule has 1 amide bonds. The van der Waals surface area contributed by atoms with E-state index in [0.29, 0.717) is 11.5 Å². The van der Waals surface area contributed by atoms with Crippen LogP contribution in [0.15, 0.2) is 6.20 Å². The zero-order valence-corrected chi connectivity index (χ0v) is 12.2. The van der Waals surface area contributed by atoms with Crippen LogP contribution in [0.5, 0.6) is 0 Å². The van der Waals surface area contributed by atoms with E-state index in [9.17, 15) is 9.59 Å². The van der Waals surface area contributed by atoms with Gasteiger partial charge in [-0.15, -0.1) is 0 Å². The summed E-state index contributed by atoms with van der Waals surface area (Å²) in [6.07, 6.45) is 4.68. The number of aromatic nitrogens is 2. The summed E-state index contributed by atoms with van der Waals surface area (Å²) in [5.41, 5.74) is 1.53. The molecule has 1 aromatic heterocycles. The Labute approximate surface area is 118 Å². The number of hydrogen-bond donors (Lipinski definition) is 1. The van der Waals surface area contributed by atoms with Crippen molar-refractivity contribution in [1.29, 1.82) is 0 Å². The van der Waals surface area contributed by atoms with Crippen LogP contribution in [0.3, 0.4) is 0 Å². The van der Waals surface area contributed by atoms with Gasteiger partial charge in [-0.1, -0.05) is 6.92 Å². The van der Waals surface area contributed by atoms with Crippen LogP contribution in [-0.2, 0) is 4.79 Å². The van der Waals surface area contributed by atoms with Crippen molar-refractivity contribution in [2.75, 3.05) is 13.6 Å². The average molecular weight is 279 g/mol. The Morgan fingerprint density at radius 2 is 2.20 bits per heavy atom. The largest absolute Gasteiger partial charge is 0.480 e. The molecule has 110 valence electrons. The molecule has 0 aliphatic heterocycles. The predicted octanol–water partition coefficient (Wildman–Crippen LogP) is 1.89. The van der Waals surface area contributed by atoms with Gasteiger partial charge in [-0.05, 0) is 26.2 Å². The van der Waals surface area contributed by atoms with Crippen molar-refractivity contribution >= 4 is 11.9 Å². The molecule has 1 aliphatic carbocycles. The minimum absolute atomic E-state index is 0.247. The molecule has 2 rings (SSSR count). The van der Waals surface area contributed by atoms with Crippen LogP contribution in [0.2, 0.25) is 0 Å². The number of hydrogen-bond acceptors (Lipinski definition) is 3. The van der Waals surface area contributed by atoms with Crippen LogP contribution in [0.4, 0.5) is 0 Å². The van der Waals surface area contributed by atoms with Gasteiger partial charge in [0.25, 0.3) is 5.91 Å². The molecular weight excluding hydrogens is 258 g/mol. The third-order valence-electron chi connectivity index (χ3n) is 3.76. The zero-order valence-electron chi connectivity index (χ0n) is 12.2. The molecular formula is C14H21N3O3. The Bertz CT molecular complexity index is 520. The number of carboxylic acid groups (broad SMARTS) is 1. The van der Waals surface area contributed by atoms with E-state index in [1.54, 1.807) is 6.20 Å². The number of rotatable bonds is 6. The maximum absolute atomic E-state index is 12.4. The summed E-state index contributed by atoms with van der Waals surface area (Å²) in [7, 11) is 1.51. The second kappa shape index (κ2) is 5.64. The van der Waals surface area contributed by atoms with E-state index in [2.05, 4.69) is 18.9 Å². The molecule has 1 fully saturated rings. The van der Waals surface area contributed by atoms with Crippen molar-refractivity contribution in [1.82, 2.24) is 14.7 Å². The van der Waals surface area contributed by atoms with Gasteiger partial charge < -0.3 is 10.0 Å². The lowest BCUT2D eigenvalue weighted by Crippen LogP contribution is -2.32. The van der Waals surface area contributed by atoms with Crippen LogP contribution in [0.25, 0.3) is 0 Å². The normalized spacial score (nSPS) is 15.9. The molecule has 0 radical (unpaired) electrons. The molecule has 1 aromatic rings. The third-order valence-corrected chi connectivity index (χ3v) is 3.76.